The fourth-order valence-corrected chi connectivity index (χ4v) is 1.97. The third-order valence-electron chi connectivity index (χ3n) is 1.74. The lowest BCUT2D eigenvalue weighted by Crippen LogP contribution is -2.18. The number of hydrogen-bond acceptors (Lipinski definition) is 5. The van der Waals surface area contributed by atoms with Crippen LogP contribution in [0.5, 0.6) is 0 Å². The molecule has 5 nitrogen and oxygen atoms in total. The SMILES string of the molecule is Cc1cc([N+](=O)[O-])sc1N[C@@H](C)CO. The lowest BCUT2D eigenvalue weighted by Gasteiger charge is -2.10. The molecule has 0 saturated heterocycles. The van der Waals surface area contributed by atoms with Crippen molar-refractivity contribution in [2.45, 2.75) is 19.9 Å². The molecule has 0 bridgehead atoms. The summed E-state index contributed by atoms with van der Waals surface area (Å²) in [7, 11) is 0. The van der Waals surface area contributed by atoms with Gasteiger partial charge in [0.1, 0.15) is 0 Å². The van der Waals surface area contributed by atoms with Crippen LogP contribution in [0, 0.1) is 17.0 Å². The minimum absolute atomic E-state index is 0.00510. The Labute approximate surface area is 85.5 Å². The Bertz CT molecular complexity index is 337. The molecular formula is C8H12N2O3S. The van der Waals surface area contributed by atoms with Gasteiger partial charge in [-0.1, -0.05) is 0 Å². The highest BCUT2D eigenvalue weighted by atomic mass is 32.1. The second kappa shape index (κ2) is 4.39. The Morgan fingerprint density at radius 1 is 1.79 bits per heavy atom. The lowest BCUT2D eigenvalue weighted by molar-refractivity contribution is -0.380. The van der Waals surface area contributed by atoms with Gasteiger partial charge in [-0.3, -0.25) is 10.1 Å². The molecule has 0 unspecified atom stereocenters. The van der Waals surface area contributed by atoms with Gasteiger partial charge in [0.05, 0.1) is 16.5 Å². The van der Waals surface area contributed by atoms with Crippen molar-refractivity contribution in [2.24, 2.45) is 0 Å². The number of aliphatic hydroxyl groups excluding tert-OH is 1. The highest BCUT2D eigenvalue weighted by Gasteiger charge is 2.14. The minimum atomic E-state index is -0.410. The molecule has 0 aliphatic rings. The van der Waals surface area contributed by atoms with E-state index < -0.39 is 4.92 Å². The Kier molecular flexibility index (Phi) is 3.43. The molecule has 0 radical (unpaired) electrons. The number of aryl methyl sites for hydroxylation is 1. The summed E-state index contributed by atoms with van der Waals surface area (Å²) in [5.41, 5.74) is 0.835. The molecule has 78 valence electrons. The molecule has 1 aromatic heterocycles. The summed E-state index contributed by atoms with van der Waals surface area (Å²) in [5, 5.41) is 23.1. The van der Waals surface area contributed by atoms with Gasteiger partial charge in [0.2, 0.25) is 0 Å². The van der Waals surface area contributed by atoms with Crippen LogP contribution in [0.4, 0.5) is 10.0 Å². The van der Waals surface area contributed by atoms with Crippen molar-refractivity contribution in [3.05, 3.63) is 21.7 Å². The van der Waals surface area contributed by atoms with E-state index >= 15 is 0 Å². The average Bonchev–Trinajstić information content (AvgIpc) is 2.48. The molecule has 6 heteroatoms. The van der Waals surface area contributed by atoms with E-state index in [4.69, 9.17) is 5.11 Å². The van der Waals surface area contributed by atoms with Gasteiger partial charge < -0.3 is 10.4 Å². The molecule has 1 atom stereocenters. The maximum atomic E-state index is 10.5. The van der Waals surface area contributed by atoms with E-state index in [1.54, 1.807) is 6.92 Å². The number of anilines is 1. The summed E-state index contributed by atoms with van der Waals surface area (Å²) in [6.07, 6.45) is 0. The normalized spacial score (nSPS) is 12.5. The molecule has 0 aliphatic heterocycles. The second-order valence-corrected chi connectivity index (χ2v) is 4.11. The average molecular weight is 216 g/mol. The van der Waals surface area contributed by atoms with Crippen molar-refractivity contribution >= 4 is 21.3 Å². The van der Waals surface area contributed by atoms with Gasteiger partial charge in [0.15, 0.2) is 0 Å². The van der Waals surface area contributed by atoms with Gasteiger partial charge in [-0.25, -0.2) is 0 Å². The van der Waals surface area contributed by atoms with Crippen molar-refractivity contribution in [1.82, 2.24) is 0 Å². The summed E-state index contributed by atoms with van der Waals surface area (Å²) < 4.78 is 0. The number of nitro groups is 1. The first-order valence-corrected chi connectivity index (χ1v) is 4.98. The third kappa shape index (κ3) is 2.43. The lowest BCUT2D eigenvalue weighted by atomic mass is 10.3. The Morgan fingerprint density at radius 2 is 2.43 bits per heavy atom. The van der Waals surface area contributed by atoms with Crippen molar-refractivity contribution in [1.29, 1.82) is 0 Å². The first kappa shape index (κ1) is 10.9. The van der Waals surface area contributed by atoms with Crippen molar-refractivity contribution in [3.8, 4) is 0 Å². The quantitative estimate of drug-likeness (QED) is 0.594. The molecule has 0 saturated carbocycles. The Morgan fingerprint density at radius 3 is 2.86 bits per heavy atom. The first-order valence-electron chi connectivity index (χ1n) is 4.16. The number of aliphatic hydroxyl groups is 1. The summed E-state index contributed by atoms with van der Waals surface area (Å²) in [6.45, 7) is 3.62. The van der Waals surface area contributed by atoms with Crippen LogP contribution >= 0.6 is 11.3 Å². The smallest absolute Gasteiger partial charge is 0.326 e. The molecule has 1 aromatic rings. The molecule has 0 fully saturated rings. The van der Waals surface area contributed by atoms with E-state index in [1.165, 1.54) is 6.07 Å². The van der Waals surface area contributed by atoms with Gasteiger partial charge in [-0.05, 0) is 30.7 Å². The van der Waals surface area contributed by atoms with E-state index in [1.807, 2.05) is 6.92 Å². The summed E-state index contributed by atoms with van der Waals surface area (Å²) >= 11 is 1.09. The van der Waals surface area contributed by atoms with Crippen LogP contribution in [-0.2, 0) is 0 Å². The summed E-state index contributed by atoms with van der Waals surface area (Å²) in [4.78, 5) is 10.1. The topological polar surface area (TPSA) is 75.4 Å². The molecule has 0 amide bonds. The second-order valence-electron chi connectivity index (χ2n) is 3.08. The monoisotopic (exact) mass is 216 g/mol. The number of nitrogens with zero attached hydrogens (tertiary/aromatic N) is 1. The first-order chi connectivity index (χ1) is 6.54. The van der Waals surface area contributed by atoms with Crippen LogP contribution in [0.25, 0.3) is 0 Å². The van der Waals surface area contributed by atoms with Crippen LogP contribution < -0.4 is 5.32 Å². The minimum Gasteiger partial charge on any atom is -0.394 e. The molecule has 2 N–H and O–H groups in total. The van der Waals surface area contributed by atoms with E-state index in [9.17, 15) is 10.1 Å². The van der Waals surface area contributed by atoms with Crippen molar-refractivity contribution in [3.63, 3.8) is 0 Å². The molecule has 1 heterocycles. The zero-order valence-electron chi connectivity index (χ0n) is 7.98. The maximum absolute atomic E-state index is 10.5. The third-order valence-corrected chi connectivity index (χ3v) is 2.86. The van der Waals surface area contributed by atoms with Crippen LogP contribution in [0.1, 0.15) is 12.5 Å². The highest BCUT2D eigenvalue weighted by molar-refractivity contribution is 7.19. The molecule has 1 rings (SSSR count). The van der Waals surface area contributed by atoms with Crippen molar-refractivity contribution in [2.75, 3.05) is 11.9 Å². The van der Waals surface area contributed by atoms with Gasteiger partial charge in [-0.2, -0.15) is 0 Å². The van der Waals surface area contributed by atoms with Gasteiger partial charge >= 0.3 is 5.00 Å². The Hall–Kier alpha value is -1.14. The van der Waals surface area contributed by atoms with Gasteiger partial charge in [0, 0.05) is 12.1 Å². The summed E-state index contributed by atoms with van der Waals surface area (Å²) in [6, 6.07) is 1.43. The van der Waals surface area contributed by atoms with Crippen LogP contribution in [0.3, 0.4) is 0 Å². The molecule has 0 aromatic carbocycles. The zero-order valence-corrected chi connectivity index (χ0v) is 8.80. The number of thiophene rings is 1. The number of rotatable bonds is 4. The number of hydrogen-bond donors (Lipinski definition) is 2. The van der Waals surface area contributed by atoms with E-state index in [-0.39, 0.29) is 17.6 Å². The van der Waals surface area contributed by atoms with Crippen molar-refractivity contribution < 1.29 is 10.0 Å². The van der Waals surface area contributed by atoms with Gasteiger partial charge in [0.25, 0.3) is 0 Å². The van der Waals surface area contributed by atoms with Gasteiger partial charge in [-0.15, -0.1) is 0 Å². The number of nitrogens with one attached hydrogen (secondary N) is 1. The largest absolute Gasteiger partial charge is 0.394 e. The summed E-state index contributed by atoms with van der Waals surface area (Å²) in [5.74, 6) is 0. The van der Waals surface area contributed by atoms with Crippen LogP contribution in [-0.4, -0.2) is 22.7 Å². The van der Waals surface area contributed by atoms with E-state index in [2.05, 4.69) is 5.32 Å². The molecule has 0 spiro atoms. The molecular weight excluding hydrogens is 204 g/mol. The fourth-order valence-electron chi connectivity index (χ4n) is 0.968. The molecule has 0 aliphatic carbocycles. The predicted molar refractivity (Wildman–Crippen MR) is 55.9 cm³/mol. The van der Waals surface area contributed by atoms with Crippen LogP contribution in [0.15, 0.2) is 6.07 Å². The standard InChI is InChI=1S/C8H12N2O3S/c1-5-3-7(10(12)13)14-8(5)9-6(2)4-11/h3,6,9,11H,4H2,1-2H3/t6-/m0/s1. The van der Waals surface area contributed by atoms with E-state index in [0.717, 1.165) is 21.9 Å². The molecule has 14 heavy (non-hydrogen) atoms. The van der Waals surface area contributed by atoms with E-state index in [0.29, 0.717) is 0 Å². The maximum Gasteiger partial charge on any atom is 0.326 e. The zero-order chi connectivity index (χ0) is 10.7. The fraction of sp³-hybridized carbons (Fsp3) is 0.500. The van der Waals surface area contributed by atoms with Crippen LogP contribution in [0.2, 0.25) is 0 Å². The Balaban J connectivity index is 2.82. The highest BCUT2D eigenvalue weighted by Crippen LogP contribution is 2.33. The predicted octanol–water partition coefficient (Wildman–Crippen LogP) is 1.76.